The van der Waals surface area contributed by atoms with Gasteiger partial charge >= 0.3 is 6.18 Å². The minimum atomic E-state index is -4.66. The van der Waals surface area contributed by atoms with Gasteiger partial charge in [-0.15, -0.1) is 5.10 Å². The standard InChI is InChI=1S/C23H27F3N6O/c1-14(2)33-20-9-8-18(32-22(23(24,25)26)29-30-31-32)12-17(20)10-15-11-19(27)21(28-13-15)16-6-4-3-5-7-16/h3-9,12,14-15,19,21,28H,10-11,13,27H2,1-2H3/t15?,19-,21-/m0/s1. The molecule has 0 amide bonds. The Labute approximate surface area is 190 Å². The lowest BCUT2D eigenvalue weighted by Gasteiger charge is -2.36. The summed E-state index contributed by atoms with van der Waals surface area (Å²) >= 11 is 0. The lowest BCUT2D eigenvalue weighted by Crippen LogP contribution is -2.47. The highest BCUT2D eigenvalue weighted by Gasteiger charge is 2.38. The largest absolute Gasteiger partial charge is 0.491 e. The summed E-state index contributed by atoms with van der Waals surface area (Å²) in [5.41, 5.74) is 8.67. The quantitative estimate of drug-likeness (QED) is 0.583. The molecule has 2 aromatic carbocycles. The highest BCUT2D eigenvalue weighted by Crippen LogP contribution is 2.33. The van der Waals surface area contributed by atoms with Crippen molar-refractivity contribution in [1.29, 1.82) is 0 Å². The number of hydrogen-bond donors (Lipinski definition) is 2. The summed E-state index contributed by atoms with van der Waals surface area (Å²) in [6, 6.07) is 14.9. The molecule has 0 spiro atoms. The molecule has 7 nitrogen and oxygen atoms in total. The summed E-state index contributed by atoms with van der Waals surface area (Å²) in [6.45, 7) is 4.55. The van der Waals surface area contributed by atoms with Crippen LogP contribution in [0.3, 0.4) is 0 Å². The second-order valence-corrected chi connectivity index (χ2v) is 8.64. The molecular weight excluding hydrogens is 433 g/mol. The van der Waals surface area contributed by atoms with Gasteiger partial charge < -0.3 is 15.8 Å². The Bertz CT molecular complexity index is 1070. The van der Waals surface area contributed by atoms with Crippen LogP contribution in [0.15, 0.2) is 48.5 Å². The van der Waals surface area contributed by atoms with Gasteiger partial charge in [0.2, 0.25) is 0 Å². The number of nitrogens with two attached hydrogens (primary N) is 1. The fraction of sp³-hybridized carbons (Fsp3) is 0.435. The van der Waals surface area contributed by atoms with Gasteiger partial charge in [-0.3, -0.25) is 0 Å². The third-order valence-electron chi connectivity index (χ3n) is 5.70. The Kier molecular flexibility index (Phi) is 6.66. The summed E-state index contributed by atoms with van der Waals surface area (Å²) in [5.74, 6) is -0.340. The van der Waals surface area contributed by atoms with Crippen LogP contribution in [0.1, 0.15) is 43.3 Å². The predicted octanol–water partition coefficient (Wildman–Crippen LogP) is 3.69. The molecule has 0 radical (unpaired) electrons. The lowest BCUT2D eigenvalue weighted by atomic mass is 9.84. The molecule has 1 aromatic heterocycles. The second-order valence-electron chi connectivity index (χ2n) is 8.64. The number of nitrogens with one attached hydrogen (secondary N) is 1. The van der Waals surface area contributed by atoms with Crippen LogP contribution in [0.2, 0.25) is 0 Å². The monoisotopic (exact) mass is 460 g/mol. The molecule has 3 N–H and O–H groups in total. The van der Waals surface area contributed by atoms with E-state index in [2.05, 4.69) is 33.0 Å². The van der Waals surface area contributed by atoms with Crippen molar-refractivity contribution in [2.24, 2.45) is 11.7 Å². The highest BCUT2D eigenvalue weighted by molar-refractivity contribution is 5.45. The van der Waals surface area contributed by atoms with E-state index in [1.165, 1.54) is 6.07 Å². The summed E-state index contributed by atoms with van der Waals surface area (Å²) in [4.78, 5) is 0. The van der Waals surface area contributed by atoms with Crippen molar-refractivity contribution in [3.05, 3.63) is 65.5 Å². The number of alkyl halides is 3. The lowest BCUT2D eigenvalue weighted by molar-refractivity contribution is -0.146. The average Bonchev–Trinajstić information content (AvgIpc) is 3.26. The van der Waals surface area contributed by atoms with E-state index in [0.717, 1.165) is 24.1 Å². The molecule has 1 saturated heterocycles. The van der Waals surface area contributed by atoms with E-state index < -0.39 is 12.0 Å². The molecule has 176 valence electrons. The number of ether oxygens (including phenoxy) is 1. The van der Waals surface area contributed by atoms with E-state index in [1.807, 2.05) is 32.0 Å². The molecule has 0 bridgehead atoms. The van der Waals surface area contributed by atoms with Gasteiger partial charge in [-0.2, -0.15) is 17.9 Å². The molecule has 1 aliphatic heterocycles. The molecule has 2 heterocycles. The van der Waals surface area contributed by atoms with Gasteiger partial charge in [-0.1, -0.05) is 30.3 Å². The maximum atomic E-state index is 13.3. The first-order chi connectivity index (χ1) is 15.7. The Morgan fingerprint density at radius 1 is 1.18 bits per heavy atom. The molecule has 3 aromatic rings. The van der Waals surface area contributed by atoms with Crippen LogP contribution in [0.5, 0.6) is 5.75 Å². The van der Waals surface area contributed by atoms with E-state index in [9.17, 15) is 13.2 Å². The van der Waals surface area contributed by atoms with E-state index in [1.54, 1.807) is 12.1 Å². The third kappa shape index (κ3) is 5.33. The number of tetrazole rings is 1. The molecule has 4 rings (SSSR count). The van der Waals surface area contributed by atoms with Crippen LogP contribution >= 0.6 is 0 Å². The van der Waals surface area contributed by atoms with Gasteiger partial charge in [0.1, 0.15) is 5.75 Å². The van der Waals surface area contributed by atoms with Gasteiger partial charge in [-0.25, -0.2) is 0 Å². The zero-order valence-electron chi connectivity index (χ0n) is 18.5. The third-order valence-corrected chi connectivity index (χ3v) is 5.70. The summed E-state index contributed by atoms with van der Waals surface area (Å²) < 4.78 is 46.6. The van der Waals surface area contributed by atoms with Crippen molar-refractivity contribution < 1.29 is 17.9 Å². The second kappa shape index (κ2) is 9.48. The molecule has 0 aliphatic carbocycles. The molecule has 3 atom stereocenters. The SMILES string of the molecule is CC(C)Oc1ccc(-n2nnnc2C(F)(F)F)cc1CC1CN[C@@H](c2ccccc2)[C@@H](N)C1. The first-order valence-corrected chi connectivity index (χ1v) is 10.9. The van der Waals surface area contributed by atoms with E-state index in [4.69, 9.17) is 10.5 Å². The summed E-state index contributed by atoms with van der Waals surface area (Å²) in [7, 11) is 0. The van der Waals surface area contributed by atoms with Crippen LogP contribution < -0.4 is 15.8 Å². The minimum Gasteiger partial charge on any atom is -0.491 e. The first-order valence-electron chi connectivity index (χ1n) is 10.9. The van der Waals surface area contributed by atoms with Gasteiger partial charge in [0.05, 0.1) is 11.8 Å². The van der Waals surface area contributed by atoms with Crippen molar-refractivity contribution in [3.63, 3.8) is 0 Å². The van der Waals surface area contributed by atoms with Crippen molar-refractivity contribution in [3.8, 4) is 11.4 Å². The fourth-order valence-corrected chi connectivity index (χ4v) is 4.31. The highest BCUT2D eigenvalue weighted by atomic mass is 19.4. The molecule has 1 fully saturated rings. The molecule has 1 unspecified atom stereocenters. The maximum absolute atomic E-state index is 13.3. The molecular formula is C23H27F3N6O. The number of hydrogen-bond acceptors (Lipinski definition) is 6. The Hall–Kier alpha value is -2.98. The fourth-order valence-electron chi connectivity index (χ4n) is 4.31. The van der Waals surface area contributed by atoms with E-state index >= 15 is 0 Å². The maximum Gasteiger partial charge on any atom is 0.453 e. The average molecular weight is 461 g/mol. The van der Waals surface area contributed by atoms with Crippen molar-refractivity contribution in [1.82, 2.24) is 25.5 Å². The van der Waals surface area contributed by atoms with Gasteiger partial charge in [0.15, 0.2) is 0 Å². The Morgan fingerprint density at radius 2 is 1.94 bits per heavy atom. The van der Waals surface area contributed by atoms with Crippen molar-refractivity contribution >= 4 is 0 Å². The number of benzene rings is 2. The summed E-state index contributed by atoms with van der Waals surface area (Å²) in [6.07, 6.45) is -3.37. The molecule has 1 aliphatic rings. The predicted molar refractivity (Wildman–Crippen MR) is 117 cm³/mol. The van der Waals surface area contributed by atoms with Gasteiger partial charge in [-0.05, 0) is 78.9 Å². The number of halogens is 3. The topological polar surface area (TPSA) is 90.9 Å². The van der Waals surface area contributed by atoms with Crippen LogP contribution in [0.4, 0.5) is 13.2 Å². The van der Waals surface area contributed by atoms with E-state index in [0.29, 0.717) is 16.9 Å². The summed E-state index contributed by atoms with van der Waals surface area (Å²) in [5, 5.41) is 13.4. The Morgan fingerprint density at radius 3 is 2.61 bits per heavy atom. The zero-order chi connectivity index (χ0) is 23.6. The van der Waals surface area contributed by atoms with E-state index in [-0.39, 0.29) is 29.8 Å². The van der Waals surface area contributed by atoms with Crippen LogP contribution in [0, 0.1) is 5.92 Å². The van der Waals surface area contributed by atoms with Gasteiger partial charge in [0.25, 0.3) is 5.82 Å². The minimum absolute atomic E-state index is 0.0655. The van der Waals surface area contributed by atoms with Crippen LogP contribution in [0.25, 0.3) is 5.69 Å². The number of nitrogens with zero attached hydrogens (tertiary/aromatic N) is 4. The van der Waals surface area contributed by atoms with Crippen LogP contribution in [-0.2, 0) is 12.6 Å². The number of aromatic nitrogens is 4. The molecule has 33 heavy (non-hydrogen) atoms. The first kappa shape index (κ1) is 23.2. The van der Waals surface area contributed by atoms with Crippen molar-refractivity contribution in [2.45, 2.75) is 51.1 Å². The van der Waals surface area contributed by atoms with Gasteiger partial charge in [0, 0.05) is 12.1 Å². The number of piperidine rings is 1. The van der Waals surface area contributed by atoms with Crippen LogP contribution in [-0.4, -0.2) is 38.9 Å². The number of rotatable bonds is 6. The smallest absolute Gasteiger partial charge is 0.453 e. The Balaban J connectivity index is 1.57. The molecule has 10 heteroatoms. The van der Waals surface area contributed by atoms with Crippen molar-refractivity contribution in [2.75, 3.05) is 6.54 Å². The normalized spacial score (nSPS) is 21.4. The zero-order valence-corrected chi connectivity index (χ0v) is 18.5. The molecule has 0 saturated carbocycles.